The lowest BCUT2D eigenvalue weighted by molar-refractivity contribution is 0.519. The third-order valence-corrected chi connectivity index (χ3v) is 6.42. The molecule has 2 aromatic heterocycles. The van der Waals surface area contributed by atoms with Crippen molar-refractivity contribution in [2.75, 3.05) is 0 Å². The molecule has 0 spiro atoms. The Labute approximate surface area is 180 Å². The fourth-order valence-corrected chi connectivity index (χ4v) is 4.80. The van der Waals surface area contributed by atoms with E-state index in [1.807, 2.05) is 48.5 Å². The SMILES string of the molecule is N#Cc1ccc(-c2[nH]c3c4ccccc4ccc3n3c(=O)c(Cc4ccco4)nc2-3)s1. The van der Waals surface area contributed by atoms with Gasteiger partial charge < -0.3 is 9.40 Å². The average Bonchev–Trinajstić information content (AvgIpc) is 3.55. The van der Waals surface area contributed by atoms with Gasteiger partial charge >= 0.3 is 0 Å². The monoisotopic (exact) mass is 422 g/mol. The van der Waals surface area contributed by atoms with Crippen molar-refractivity contribution in [2.45, 2.75) is 6.42 Å². The molecule has 6 rings (SSSR count). The first-order valence-corrected chi connectivity index (χ1v) is 10.5. The van der Waals surface area contributed by atoms with Crippen LogP contribution in [0.15, 0.2) is 76.1 Å². The van der Waals surface area contributed by atoms with E-state index in [-0.39, 0.29) is 5.56 Å². The second-order valence-electron chi connectivity index (χ2n) is 7.24. The van der Waals surface area contributed by atoms with E-state index in [9.17, 15) is 10.1 Å². The molecular weight excluding hydrogens is 408 g/mol. The van der Waals surface area contributed by atoms with Crippen molar-refractivity contribution in [1.29, 1.82) is 5.26 Å². The summed E-state index contributed by atoms with van der Waals surface area (Å²) in [5.74, 6) is 1.23. The minimum Gasteiger partial charge on any atom is -0.469 e. The maximum absolute atomic E-state index is 13.4. The fourth-order valence-electron chi connectivity index (χ4n) is 4.00. The molecule has 2 aliphatic heterocycles. The second-order valence-corrected chi connectivity index (χ2v) is 8.32. The molecule has 148 valence electrons. The number of nitrogens with zero attached hydrogens (tertiary/aromatic N) is 3. The molecule has 0 unspecified atom stereocenters. The summed E-state index contributed by atoms with van der Waals surface area (Å²) in [4.78, 5) is 23.1. The highest BCUT2D eigenvalue weighted by Gasteiger charge is 2.24. The van der Waals surface area contributed by atoms with Gasteiger partial charge in [0.1, 0.15) is 28.1 Å². The molecular formula is C24H14N4O2S. The third-order valence-electron chi connectivity index (χ3n) is 5.41. The van der Waals surface area contributed by atoms with Gasteiger partial charge in [0.2, 0.25) is 0 Å². The van der Waals surface area contributed by atoms with Crippen molar-refractivity contribution in [3.8, 4) is 22.5 Å². The molecule has 0 saturated carbocycles. The fraction of sp³-hybridized carbons (Fsp3) is 0.0417. The van der Waals surface area contributed by atoms with E-state index in [0.717, 1.165) is 32.4 Å². The van der Waals surface area contributed by atoms with Crippen LogP contribution in [0.2, 0.25) is 0 Å². The van der Waals surface area contributed by atoms with Crippen LogP contribution in [0.3, 0.4) is 0 Å². The summed E-state index contributed by atoms with van der Waals surface area (Å²) in [5.41, 5.74) is 2.59. The summed E-state index contributed by atoms with van der Waals surface area (Å²) in [6.45, 7) is 0. The summed E-state index contributed by atoms with van der Waals surface area (Å²) in [6, 6.07) is 21.5. The topological polar surface area (TPSA) is 87.6 Å². The van der Waals surface area contributed by atoms with Crippen LogP contribution in [-0.2, 0) is 6.42 Å². The smallest absolute Gasteiger partial charge is 0.279 e. The first-order chi connectivity index (χ1) is 15.2. The molecule has 0 amide bonds. The number of fused-ring (bicyclic) bond motifs is 5. The number of hydrogen-bond acceptors (Lipinski definition) is 5. The highest BCUT2D eigenvalue weighted by Crippen LogP contribution is 2.35. The summed E-state index contributed by atoms with van der Waals surface area (Å²) in [5, 5.41) is 11.4. The minimum absolute atomic E-state index is 0.168. The van der Waals surface area contributed by atoms with Crippen LogP contribution in [0.1, 0.15) is 16.3 Å². The maximum atomic E-state index is 13.4. The van der Waals surface area contributed by atoms with Crippen LogP contribution < -0.4 is 5.56 Å². The number of aromatic amines is 1. The molecule has 0 atom stereocenters. The van der Waals surface area contributed by atoms with Crippen LogP contribution in [0.4, 0.5) is 0 Å². The number of hydrogen-bond donors (Lipinski definition) is 1. The molecule has 0 aliphatic carbocycles. The van der Waals surface area contributed by atoms with Crippen molar-refractivity contribution < 1.29 is 4.42 Å². The van der Waals surface area contributed by atoms with Gasteiger partial charge in [-0.3, -0.25) is 9.36 Å². The van der Waals surface area contributed by atoms with Gasteiger partial charge in [0.25, 0.3) is 5.56 Å². The Morgan fingerprint density at radius 3 is 2.81 bits per heavy atom. The molecule has 0 fully saturated rings. The number of nitrogens with one attached hydrogen (secondary N) is 1. The van der Waals surface area contributed by atoms with Crippen LogP contribution in [-0.4, -0.2) is 14.5 Å². The number of H-pyrrole nitrogens is 1. The Morgan fingerprint density at radius 2 is 2.00 bits per heavy atom. The highest BCUT2D eigenvalue weighted by atomic mass is 32.1. The first kappa shape index (κ1) is 17.7. The summed E-state index contributed by atoms with van der Waals surface area (Å²) in [6.07, 6.45) is 1.90. The molecule has 2 aliphatic rings. The average molecular weight is 422 g/mol. The summed E-state index contributed by atoms with van der Waals surface area (Å²) in [7, 11) is 0. The predicted octanol–water partition coefficient (Wildman–Crippen LogP) is 5.09. The van der Waals surface area contributed by atoms with Crippen molar-refractivity contribution in [3.63, 3.8) is 0 Å². The Kier molecular flexibility index (Phi) is 3.82. The molecule has 0 saturated heterocycles. The minimum atomic E-state index is -0.168. The van der Waals surface area contributed by atoms with Crippen LogP contribution in [0.25, 0.3) is 38.2 Å². The highest BCUT2D eigenvalue weighted by molar-refractivity contribution is 7.16. The van der Waals surface area contributed by atoms with Gasteiger partial charge in [-0.05, 0) is 35.7 Å². The Bertz CT molecular complexity index is 1650. The van der Waals surface area contributed by atoms with Crippen molar-refractivity contribution in [3.05, 3.63) is 93.6 Å². The number of thiophene rings is 1. The number of aromatic nitrogens is 3. The van der Waals surface area contributed by atoms with Gasteiger partial charge in [0.15, 0.2) is 5.82 Å². The zero-order valence-corrected chi connectivity index (χ0v) is 16.9. The van der Waals surface area contributed by atoms with E-state index in [1.54, 1.807) is 23.0 Å². The number of benzene rings is 2. The summed E-state index contributed by atoms with van der Waals surface area (Å²) < 4.78 is 7.10. The molecule has 2 aromatic carbocycles. The Hall–Kier alpha value is -4.15. The molecule has 4 aromatic rings. The standard InChI is InChI=1S/C24H14N4O2S/c25-13-16-8-10-20(31-16)22-23-26-18(12-15-5-3-11-30-15)24(29)28(23)19-9-7-14-4-1-2-6-17(14)21(19)27-22/h1-11,27H,12H2. The van der Waals surface area contributed by atoms with Crippen LogP contribution >= 0.6 is 11.3 Å². The summed E-state index contributed by atoms with van der Waals surface area (Å²) >= 11 is 1.37. The van der Waals surface area contributed by atoms with Gasteiger partial charge in [-0.25, -0.2) is 4.98 Å². The van der Waals surface area contributed by atoms with E-state index < -0.39 is 0 Å². The number of nitriles is 1. The molecule has 1 N–H and O–H groups in total. The van der Waals surface area contributed by atoms with Gasteiger partial charge in [0.05, 0.1) is 28.6 Å². The van der Waals surface area contributed by atoms with Gasteiger partial charge in [-0.1, -0.05) is 30.3 Å². The van der Waals surface area contributed by atoms with E-state index in [1.165, 1.54) is 11.3 Å². The zero-order valence-electron chi connectivity index (χ0n) is 16.1. The lowest BCUT2D eigenvalue weighted by Crippen LogP contribution is -2.17. The van der Waals surface area contributed by atoms with Crippen molar-refractivity contribution in [2.24, 2.45) is 0 Å². The second kappa shape index (κ2) is 6.69. The van der Waals surface area contributed by atoms with Gasteiger partial charge in [0, 0.05) is 5.39 Å². The van der Waals surface area contributed by atoms with E-state index >= 15 is 0 Å². The first-order valence-electron chi connectivity index (χ1n) is 9.71. The van der Waals surface area contributed by atoms with Gasteiger partial charge in [-0.15, -0.1) is 11.3 Å². The Morgan fingerprint density at radius 1 is 1.10 bits per heavy atom. The number of furan rings is 1. The molecule has 7 heteroatoms. The zero-order chi connectivity index (χ0) is 20.9. The number of rotatable bonds is 3. The van der Waals surface area contributed by atoms with Crippen LogP contribution in [0.5, 0.6) is 0 Å². The lowest BCUT2D eigenvalue weighted by atomic mass is 10.1. The molecule has 6 nitrogen and oxygen atoms in total. The van der Waals surface area contributed by atoms with E-state index in [4.69, 9.17) is 9.40 Å². The van der Waals surface area contributed by atoms with Gasteiger partial charge in [-0.2, -0.15) is 5.26 Å². The predicted molar refractivity (Wildman–Crippen MR) is 120 cm³/mol. The third kappa shape index (κ3) is 2.70. The maximum Gasteiger partial charge on any atom is 0.279 e. The molecule has 0 radical (unpaired) electrons. The number of imidazole rings is 1. The Balaban J connectivity index is 1.72. The quantitative estimate of drug-likeness (QED) is 0.403. The van der Waals surface area contributed by atoms with E-state index in [0.29, 0.717) is 28.6 Å². The van der Waals surface area contributed by atoms with Crippen LogP contribution in [0, 0.1) is 11.3 Å². The normalized spacial score (nSPS) is 11.5. The molecule has 4 heterocycles. The largest absolute Gasteiger partial charge is 0.469 e. The lowest BCUT2D eigenvalue weighted by Gasteiger charge is -2.14. The van der Waals surface area contributed by atoms with Crippen molar-refractivity contribution in [1.82, 2.24) is 14.5 Å². The van der Waals surface area contributed by atoms with Crippen molar-refractivity contribution >= 4 is 33.1 Å². The molecule has 31 heavy (non-hydrogen) atoms. The molecule has 0 bridgehead atoms. The van der Waals surface area contributed by atoms with E-state index in [2.05, 4.69) is 11.1 Å².